The average molecular weight is 310 g/mol. The molecule has 3 N–H and O–H groups in total. The van der Waals surface area contributed by atoms with Crippen molar-refractivity contribution in [2.24, 2.45) is 0 Å². The maximum atomic E-state index is 14.0. The monoisotopic (exact) mass is 310 g/mol. The normalized spacial score (nSPS) is 15.7. The number of rotatable bonds is 4. The standard InChI is InChI=1S/C15H19FN2O4/c1-15(2,21)12(16)7-18-6-8-4-11(17)10(14(20)22-3)5-9(8)13(18)19/h4-5,12,21H,6-7,17H2,1-3H3/t12-/m1/s1. The van der Waals surface area contributed by atoms with Crippen LogP contribution in [0.1, 0.15) is 40.1 Å². The first-order valence-electron chi connectivity index (χ1n) is 6.81. The molecule has 6 nitrogen and oxygen atoms in total. The summed E-state index contributed by atoms with van der Waals surface area (Å²) in [7, 11) is 1.22. The van der Waals surface area contributed by atoms with E-state index < -0.39 is 23.6 Å². The fourth-order valence-electron chi connectivity index (χ4n) is 2.29. The largest absolute Gasteiger partial charge is 0.465 e. The number of nitrogens with two attached hydrogens (primary N) is 1. The number of aliphatic hydroxyl groups is 1. The molecular weight excluding hydrogens is 291 g/mol. The van der Waals surface area contributed by atoms with Crippen molar-refractivity contribution in [2.45, 2.75) is 32.2 Å². The molecule has 0 aromatic heterocycles. The Labute approximate surface area is 127 Å². The average Bonchev–Trinajstić information content (AvgIpc) is 2.72. The van der Waals surface area contributed by atoms with Crippen LogP contribution in [0.2, 0.25) is 0 Å². The lowest BCUT2D eigenvalue weighted by molar-refractivity contribution is -0.0159. The number of carbonyl (C=O) groups excluding carboxylic acids is 2. The third-order valence-electron chi connectivity index (χ3n) is 3.71. The quantitative estimate of drug-likeness (QED) is 0.642. The van der Waals surface area contributed by atoms with Crippen molar-refractivity contribution in [1.29, 1.82) is 0 Å². The predicted octanol–water partition coefficient (Wildman–Crippen LogP) is 1.12. The number of anilines is 1. The van der Waals surface area contributed by atoms with Gasteiger partial charge in [0.1, 0.15) is 6.17 Å². The molecule has 0 spiro atoms. The van der Waals surface area contributed by atoms with Crippen LogP contribution in [0.5, 0.6) is 0 Å². The van der Waals surface area contributed by atoms with Crippen molar-refractivity contribution in [3.8, 4) is 0 Å². The molecule has 2 rings (SSSR count). The van der Waals surface area contributed by atoms with Gasteiger partial charge in [0.05, 0.1) is 24.8 Å². The van der Waals surface area contributed by atoms with Gasteiger partial charge in [0.2, 0.25) is 0 Å². The van der Waals surface area contributed by atoms with E-state index in [0.29, 0.717) is 11.1 Å². The van der Waals surface area contributed by atoms with E-state index in [-0.39, 0.29) is 24.3 Å². The van der Waals surface area contributed by atoms with Crippen LogP contribution in [0, 0.1) is 0 Å². The zero-order valence-electron chi connectivity index (χ0n) is 12.7. The number of fused-ring (bicyclic) bond motifs is 1. The summed E-state index contributed by atoms with van der Waals surface area (Å²) in [6.07, 6.45) is -1.58. The summed E-state index contributed by atoms with van der Waals surface area (Å²) in [6, 6.07) is 2.90. The van der Waals surface area contributed by atoms with E-state index in [1.807, 2.05) is 0 Å². The molecule has 0 aliphatic carbocycles. The van der Waals surface area contributed by atoms with Crippen molar-refractivity contribution in [2.75, 3.05) is 19.4 Å². The zero-order chi connectivity index (χ0) is 16.7. The number of benzene rings is 1. The molecule has 1 aromatic carbocycles. The number of ether oxygens (including phenoxy) is 1. The minimum absolute atomic E-state index is 0.107. The third-order valence-corrected chi connectivity index (χ3v) is 3.71. The molecule has 1 amide bonds. The molecule has 0 fully saturated rings. The fourth-order valence-corrected chi connectivity index (χ4v) is 2.29. The Morgan fingerprint density at radius 3 is 2.73 bits per heavy atom. The van der Waals surface area contributed by atoms with Crippen LogP contribution >= 0.6 is 0 Å². The predicted molar refractivity (Wildman–Crippen MR) is 78.1 cm³/mol. The first-order valence-corrected chi connectivity index (χ1v) is 6.81. The number of nitrogen functional groups attached to an aromatic ring is 1. The van der Waals surface area contributed by atoms with Gasteiger partial charge >= 0.3 is 5.97 Å². The molecule has 0 radical (unpaired) electrons. The summed E-state index contributed by atoms with van der Waals surface area (Å²) >= 11 is 0. The first kappa shape index (κ1) is 16.2. The highest BCUT2D eigenvalue weighted by molar-refractivity contribution is 6.03. The number of nitrogens with zero attached hydrogens (tertiary/aromatic N) is 1. The molecule has 1 aromatic rings. The van der Waals surface area contributed by atoms with Crippen molar-refractivity contribution in [1.82, 2.24) is 4.90 Å². The summed E-state index contributed by atoms with van der Waals surface area (Å²) in [5, 5.41) is 9.65. The van der Waals surface area contributed by atoms with Crippen molar-refractivity contribution in [3.63, 3.8) is 0 Å². The van der Waals surface area contributed by atoms with Gasteiger partial charge in [0.15, 0.2) is 0 Å². The molecular formula is C15H19FN2O4. The topological polar surface area (TPSA) is 92.9 Å². The Morgan fingerprint density at radius 1 is 1.55 bits per heavy atom. The van der Waals surface area contributed by atoms with Crippen molar-refractivity contribution in [3.05, 3.63) is 28.8 Å². The highest BCUT2D eigenvalue weighted by atomic mass is 19.1. The minimum Gasteiger partial charge on any atom is -0.465 e. The number of esters is 1. The lowest BCUT2D eigenvalue weighted by Gasteiger charge is -2.26. The zero-order valence-corrected chi connectivity index (χ0v) is 12.7. The Hall–Kier alpha value is -2.15. The second kappa shape index (κ2) is 5.57. The first-order chi connectivity index (χ1) is 10.1. The van der Waals surface area contributed by atoms with Gasteiger partial charge in [0, 0.05) is 17.8 Å². The Kier molecular flexibility index (Phi) is 4.10. The fraction of sp³-hybridized carbons (Fsp3) is 0.467. The van der Waals surface area contributed by atoms with Crippen LogP contribution in [0.4, 0.5) is 10.1 Å². The van der Waals surface area contributed by atoms with Crippen LogP contribution in [0.3, 0.4) is 0 Å². The lowest BCUT2D eigenvalue weighted by atomic mass is 10.0. The molecule has 1 aliphatic heterocycles. The maximum absolute atomic E-state index is 14.0. The number of methoxy groups -OCH3 is 1. The number of alkyl halides is 1. The molecule has 0 bridgehead atoms. The van der Waals surface area contributed by atoms with Gasteiger partial charge in [-0.25, -0.2) is 9.18 Å². The van der Waals surface area contributed by atoms with Gasteiger partial charge in [-0.05, 0) is 31.5 Å². The van der Waals surface area contributed by atoms with E-state index in [0.717, 1.165) is 0 Å². The van der Waals surface area contributed by atoms with Crippen LogP contribution in [0.15, 0.2) is 12.1 Å². The van der Waals surface area contributed by atoms with Gasteiger partial charge in [-0.3, -0.25) is 4.79 Å². The summed E-state index contributed by atoms with van der Waals surface area (Å²) < 4.78 is 18.6. The Balaban J connectivity index is 2.27. The SMILES string of the molecule is COC(=O)c1cc2c(cc1N)CN(C[C@@H](F)C(C)(C)O)C2=O. The molecule has 7 heteroatoms. The van der Waals surface area contributed by atoms with E-state index in [4.69, 9.17) is 5.73 Å². The van der Waals surface area contributed by atoms with Crippen LogP contribution in [0.25, 0.3) is 0 Å². The smallest absolute Gasteiger partial charge is 0.339 e. The van der Waals surface area contributed by atoms with E-state index in [1.54, 1.807) is 0 Å². The molecule has 0 saturated heterocycles. The third kappa shape index (κ3) is 2.89. The highest BCUT2D eigenvalue weighted by Crippen LogP contribution is 2.29. The number of hydrogen-bond acceptors (Lipinski definition) is 5. The maximum Gasteiger partial charge on any atom is 0.339 e. The second-order valence-corrected chi connectivity index (χ2v) is 5.90. The van der Waals surface area contributed by atoms with Crippen LogP contribution in [-0.2, 0) is 11.3 Å². The molecule has 1 atom stereocenters. The van der Waals surface area contributed by atoms with Crippen molar-refractivity contribution >= 4 is 17.6 Å². The molecule has 1 heterocycles. The molecule has 0 unspecified atom stereocenters. The van der Waals surface area contributed by atoms with Crippen LogP contribution < -0.4 is 5.73 Å². The van der Waals surface area contributed by atoms with E-state index in [1.165, 1.54) is 38.0 Å². The van der Waals surface area contributed by atoms with Gasteiger partial charge in [-0.1, -0.05) is 0 Å². The molecule has 1 aliphatic rings. The molecule has 120 valence electrons. The molecule has 22 heavy (non-hydrogen) atoms. The minimum atomic E-state index is -1.58. The van der Waals surface area contributed by atoms with Crippen molar-refractivity contribution < 1.29 is 23.8 Å². The Morgan fingerprint density at radius 2 is 2.18 bits per heavy atom. The molecule has 0 saturated carbocycles. The summed E-state index contributed by atoms with van der Waals surface area (Å²) in [5.41, 5.74) is 5.49. The van der Waals surface area contributed by atoms with E-state index in [2.05, 4.69) is 4.74 Å². The summed E-state index contributed by atoms with van der Waals surface area (Å²) in [6.45, 7) is 2.65. The number of hydrogen-bond donors (Lipinski definition) is 2. The number of halogens is 1. The number of amides is 1. The van der Waals surface area contributed by atoms with Gasteiger partial charge in [-0.15, -0.1) is 0 Å². The number of carbonyl (C=O) groups is 2. The van der Waals surface area contributed by atoms with E-state index in [9.17, 15) is 19.1 Å². The van der Waals surface area contributed by atoms with Gasteiger partial charge in [-0.2, -0.15) is 0 Å². The summed E-state index contributed by atoms with van der Waals surface area (Å²) in [5.74, 6) is -1.03. The van der Waals surface area contributed by atoms with Gasteiger partial charge < -0.3 is 20.5 Å². The second-order valence-electron chi connectivity index (χ2n) is 5.90. The summed E-state index contributed by atoms with van der Waals surface area (Å²) in [4.78, 5) is 25.2. The highest BCUT2D eigenvalue weighted by Gasteiger charge is 2.35. The van der Waals surface area contributed by atoms with E-state index >= 15 is 0 Å². The van der Waals surface area contributed by atoms with Gasteiger partial charge in [0.25, 0.3) is 5.91 Å². The van der Waals surface area contributed by atoms with Crippen LogP contribution in [-0.4, -0.2) is 47.3 Å². The Bertz CT molecular complexity index is 625. The lowest BCUT2D eigenvalue weighted by Crippen LogP contribution is -2.42.